The van der Waals surface area contributed by atoms with Crippen LogP contribution in [0.25, 0.3) is 5.52 Å². The van der Waals surface area contributed by atoms with E-state index in [9.17, 15) is 14.4 Å². The Hall–Kier alpha value is -3.10. The molecule has 26 heavy (non-hydrogen) atoms. The van der Waals surface area contributed by atoms with Crippen LogP contribution in [-0.2, 0) is 9.59 Å². The largest absolute Gasteiger partial charge is 0.481 e. The number of nitrogens with one attached hydrogen (secondary N) is 1. The second kappa shape index (κ2) is 6.32. The van der Waals surface area contributed by atoms with E-state index in [0.29, 0.717) is 38.2 Å². The van der Waals surface area contributed by atoms with E-state index in [1.54, 1.807) is 10.7 Å². The zero-order valence-corrected chi connectivity index (χ0v) is 14.1. The first-order chi connectivity index (χ1) is 12.5. The van der Waals surface area contributed by atoms with Gasteiger partial charge in [0.1, 0.15) is 0 Å². The summed E-state index contributed by atoms with van der Waals surface area (Å²) in [6, 6.07) is 3.41. The molecule has 2 saturated heterocycles. The zero-order chi connectivity index (χ0) is 18.3. The van der Waals surface area contributed by atoms with Crippen molar-refractivity contribution in [2.24, 2.45) is 5.92 Å². The van der Waals surface area contributed by atoms with Crippen molar-refractivity contribution in [1.82, 2.24) is 14.9 Å². The number of aromatic nitrogens is 2. The van der Waals surface area contributed by atoms with Crippen LogP contribution in [0.1, 0.15) is 19.3 Å². The minimum absolute atomic E-state index is 0.264. The van der Waals surface area contributed by atoms with E-state index in [1.807, 2.05) is 18.3 Å². The molecule has 9 nitrogen and oxygen atoms in total. The first kappa shape index (κ1) is 16.4. The Kier molecular flexibility index (Phi) is 3.98. The fourth-order valence-electron chi connectivity index (χ4n) is 3.53. The number of aliphatic carboxylic acids is 1. The number of rotatable bonds is 3. The van der Waals surface area contributed by atoms with Gasteiger partial charge >= 0.3 is 12.0 Å². The molecule has 0 aliphatic carbocycles. The average molecular weight is 357 g/mol. The van der Waals surface area contributed by atoms with Gasteiger partial charge in [0.25, 0.3) is 0 Å². The average Bonchev–Trinajstić information content (AvgIpc) is 3.05. The van der Waals surface area contributed by atoms with Crippen molar-refractivity contribution in [3.63, 3.8) is 0 Å². The highest BCUT2D eigenvalue weighted by atomic mass is 16.4. The van der Waals surface area contributed by atoms with Crippen molar-refractivity contribution in [1.29, 1.82) is 0 Å². The zero-order valence-electron chi connectivity index (χ0n) is 14.1. The van der Waals surface area contributed by atoms with Crippen molar-refractivity contribution < 1.29 is 19.5 Å². The summed E-state index contributed by atoms with van der Waals surface area (Å²) in [4.78, 5) is 38.1. The summed E-state index contributed by atoms with van der Waals surface area (Å²) < 4.78 is 1.71. The third-order valence-corrected chi connectivity index (χ3v) is 5.03. The van der Waals surface area contributed by atoms with Gasteiger partial charge in [-0.3, -0.25) is 19.8 Å². The van der Waals surface area contributed by atoms with E-state index >= 15 is 0 Å². The number of urea groups is 1. The van der Waals surface area contributed by atoms with Gasteiger partial charge in [-0.15, -0.1) is 0 Å². The molecule has 0 atom stereocenters. The molecule has 0 bridgehead atoms. The lowest BCUT2D eigenvalue weighted by atomic mass is 9.97. The van der Waals surface area contributed by atoms with Crippen LogP contribution in [-0.4, -0.2) is 52.3 Å². The maximum absolute atomic E-state index is 12.0. The Labute approximate surface area is 149 Å². The number of carbonyl (C=O) groups excluding carboxylic acids is 2. The molecular formula is C17H19N5O4. The van der Waals surface area contributed by atoms with Crippen molar-refractivity contribution in [2.75, 3.05) is 29.4 Å². The first-order valence-corrected chi connectivity index (χ1v) is 8.59. The van der Waals surface area contributed by atoms with Crippen molar-refractivity contribution >= 4 is 34.8 Å². The lowest BCUT2D eigenvalue weighted by Crippen LogP contribution is -2.49. The summed E-state index contributed by atoms with van der Waals surface area (Å²) in [6.07, 6.45) is 5.01. The molecule has 2 aromatic rings. The van der Waals surface area contributed by atoms with Crippen LogP contribution in [0, 0.1) is 5.92 Å². The smallest absolute Gasteiger partial charge is 0.328 e. The standard InChI is InChI=1S/C17H19N5O4/c23-15-5-8-21(17(26)19-15)14-9-18-22-10-12(1-2-13(14)22)20-6-3-11(4-7-20)16(24)25/h1-2,9-11H,3-8H2,(H,24,25)(H,19,23,26). The number of fused-ring (bicyclic) bond motifs is 1. The number of carboxylic acids is 1. The Morgan fingerprint density at radius 3 is 2.65 bits per heavy atom. The monoisotopic (exact) mass is 357 g/mol. The molecule has 9 heteroatoms. The lowest BCUT2D eigenvalue weighted by Gasteiger charge is -2.31. The van der Waals surface area contributed by atoms with Gasteiger partial charge in [-0.1, -0.05) is 0 Å². The van der Waals surface area contributed by atoms with Gasteiger partial charge in [0.2, 0.25) is 5.91 Å². The number of amides is 3. The second-order valence-electron chi connectivity index (χ2n) is 6.60. The Morgan fingerprint density at radius 1 is 1.19 bits per heavy atom. The predicted octanol–water partition coefficient (Wildman–Crippen LogP) is 1.08. The van der Waals surface area contributed by atoms with Crippen LogP contribution in [0.3, 0.4) is 0 Å². The fraction of sp³-hybridized carbons (Fsp3) is 0.412. The van der Waals surface area contributed by atoms with Gasteiger partial charge in [0.15, 0.2) is 0 Å². The first-order valence-electron chi connectivity index (χ1n) is 8.59. The molecule has 2 aliphatic heterocycles. The molecule has 0 unspecified atom stereocenters. The van der Waals surface area contributed by atoms with Gasteiger partial charge in [-0.25, -0.2) is 9.31 Å². The SMILES string of the molecule is O=C1CCN(c2cnn3cc(N4CCC(C(=O)O)CC4)ccc23)C(=O)N1. The molecule has 4 rings (SSSR count). The molecule has 2 fully saturated rings. The molecule has 2 aromatic heterocycles. The number of carbonyl (C=O) groups is 3. The van der Waals surface area contributed by atoms with Crippen LogP contribution < -0.4 is 15.1 Å². The number of nitrogens with zero attached hydrogens (tertiary/aromatic N) is 4. The molecule has 4 heterocycles. The molecule has 136 valence electrons. The highest BCUT2D eigenvalue weighted by Crippen LogP contribution is 2.28. The third kappa shape index (κ3) is 2.85. The van der Waals surface area contributed by atoms with Crippen molar-refractivity contribution in [3.8, 4) is 0 Å². The predicted molar refractivity (Wildman–Crippen MR) is 93.3 cm³/mol. The number of piperidine rings is 1. The van der Waals surface area contributed by atoms with Gasteiger partial charge < -0.3 is 10.0 Å². The normalized spacial score (nSPS) is 19.1. The van der Waals surface area contributed by atoms with Crippen LogP contribution in [0.2, 0.25) is 0 Å². The Balaban J connectivity index is 1.55. The topological polar surface area (TPSA) is 107 Å². The van der Waals surface area contributed by atoms with E-state index in [-0.39, 0.29) is 18.2 Å². The summed E-state index contributed by atoms with van der Waals surface area (Å²) in [5.41, 5.74) is 2.40. The lowest BCUT2D eigenvalue weighted by molar-refractivity contribution is -0.142. The number of hydrogen-bond donors (Lipinski definition) is 2. The fourth-order valence-corrected chi connectivity index (χ4v) is 3.53. The highest BCUT2D eigenvalue weighted by Gasteiger charge is 2.27. The van der Waals surface area contributed by atoms with E-state index in [1.165, 1.54) is 4.90 Å². The summed E-state index contributed by atoms with van der Waals surface area (Å²) >= 11 is 0. The van der Waals surface area contributed by atoms with Crippen LogP contribution in [0.4, 0.5) is 16.2 Å². The van der Waals surface area contributed by atoms with Crippen LogP contribution >= 0.6 is 0 Å². The maximum Gasteiger partial charge on any atom is 0.328 e. The molecule has 2 N–H and O–H groups in total. The Bertz CT molecular complexity index is 884. The van der Waals surface area contributed by atoms with Crippen molar-refractivity contribution in [3.05, 3.63) is 24.5 Å². The van der Waals surface area contributed by atoms with Crippen molar-refractivity contribution in [2.45, 2.75) is 19.3 Å². The maximum atomic E-state index is 12.0. The molecular weight excluding hydrogens is 338 g/mol. The van der Waals surface area contributed by atoms with E-state index < -0.39 is 12.0 Å². The number of hydrogen-bond acceptors (Lipinski definition) is 5. The van der Waals surface area contributed by atoms with E-state index in [4.69, 9.17) is 5.11 Å². The van der Waals surface area contributed by atoms with Crippen LogP contribution in [0.15, 0.2) is 24.5 Å². The molecule has 2 aliphatic rings. The van der Waals surface area contributed by atoms with Gasteiger partial charge in [0, 0.05) is 26.1 Å². The second-order valence-corrected chi connectivity index (χ2v) is 6.60. The van der Waals surface area contributed by atoms with E-state index in [0.717, 1.165) is 11.2 Å². The van der Waals surface area contributed by atoms with Gasteiger partial charge in [0.05, 0.1) is 35.2 Å². The number of pyridine rings is 1. The number of carboxylic acid groups (broad SMARTS) is 1. The summed E-state index contributed by atoms with van der Waals surface area (Å²) in [5.74, 6) is -1.27. The van der Waals surface area contributed by atoms with E-state index in [2.05, 4.69) is 15.3 Å². The minimum Gasteiger partial charge on any atom is -0.481 e. The summed E-state index contributed by atoms with van der Waals surface area (Å²) in [7, 11) is 0. The van der Waals surface area contributed by atoms with Crippen LogP contribution in [0.5, 0.6) is 0 Å². The van der Waals surface area contributed by atoms with Gasteiger partial charge in [-0.05, 0) is 25.0 Å². The molecule has 0 aromatic carbocycles. The highest BCUT2D eigenvalue weighted by molar-refractivity contribution is 6.07. The Morgan fingerprint density at radius 2 is 1.96 bits per heavy atom. The summed E-state index contributed by atoms with van der Waals surface area (Å²) in [6.45, 7) is 1.71. The molecule has 0 saturated carbocycles. The van der Waals surface area contributed by atoms with Gasteiger partial charge in [-0.2, -0.15) is 5.10 Å². The third-order valence-electron chi connectivity index (χ3n) is 5.03. The number of anilines is 2. The number of imide groups is 1. The molecule has 3 amide bonds. The quantitative estimate of drug-likeness (QED) is 0.851. The molecule has 0 radical (unpaired) electrons. The summed E-state index contributed by atoms with van der Waals surface area (Å²) in [5, 5.41) is 15.8. The minimum atomic E-state index is -0.727. The molecule has 0 spiro atoms.